The number of hydrogen-bond acceptors (Lipinski definition) is 2. The summed E-state index contributed by atoms with van der Waals surface area (Å²) in [7, 11) is 0. The number of benzene rings is 3. The summed E-state index contributed by atoms with van der Waals surface area (Å²) >= 11 is 0. The molecule has 3 aromatic rings. The van der Waals surface area contributed by atoms with E-state index in [4.69, 9.17) is 5.73 Å². The lowest BCUT2D eigenvalue weighted by Crippen LogP contribution is -2.19. The van der Waals surface area contributed by atoms with E-state index in [9.17, 15) is 9.59 Å². The SMILES string of the molecule is NC(=O)Nc1ccc(NC(=O)c2ccc3ccccc3c2)cc1. The Bertz CT molecular complexity index is 873. The predicted molar refractivity (Wildman–Crippen MR) is 91.5 cm³/mol. The summed E-state index contributed by atoms with van der Waals surface area (Å²) in [6.45, 7) is 0. The summed E-state index contributed by atoms with van der Waals surface area (Å²) in [5.41, 5.74) is 6.84. The number of nitrogens with two attached hydrogens (primary N) is 1. The van der Waals surface area contributed by atoms with Crippen LogP contribution in [-0.2, 0) is 0 Å². The van der Waals surface area contributed by atoms with Gasteiger partial charge in [-0.2, -0.15) is 0 Å². The molecular weight excluding hydrogens is 290 g/mol. The first-order valence-electron chi connectivity index (χ1n) is 7.08. The largest absolute Gasteiger partial charge is 0.351 e. The molecule has 3 amide bonds. The number of anilines is 2. The molecule has 0 radical (unpaired) electrons. The van der Waals surface area contributed by atoms with Crippen LogP contribution in [-0.4, -0.2) is 11.9 Å². The van der Waals surface area contributed by atoms with Crippen molar-refractivity contribution in [2.45, 2.75) is 0 Å². The van der Waals surface area contributed by atoms with Gasteiger partial charge in [-0.1, -0.05) is 30.3 Å². The number of nitrogens with one attached hydrogen (secondary N) is 2. The lowest BCUT2D eigenvalue weighted by molar-refractivity contribution is 0.102. The molecule has 3 rings (SSSR count). The van der Waals surface area contributed by atoms with E-state index >= 15 is 0 Å². The van der Waals surface area contributed by atoms with Crippen molar-refractivity contribution in [3.05, 3.63) is 72.3 Å². The minimum Gasteiger partial charge on any atom is -0.351 e. The highest BCUT2D eigenvalue weighted by molar-refractivity contribution is 6.06. The fraction of sp³-hybridized carbons (Fsp3) is 0. The molecule has 4 N–H and O–H groups in total. The van der Waals surface area contributed by atoms with E-state index in [-0.39, 0.29) is 5.91 Å². The minimum atomic E-state index is -0.627. The van der Waals surface area contributed by atoms with Crippen molar-refractivity contribution >= 4 is 34.1 Å². The van der Waals surface area contributed by atoms with Crippen molar-refractivity contribution in [3.8, 4) is 0 Å². The zero-order valence-corrected chi connectivity index (χ0v) is 12.2. The molecule has 0 unspecified atom stereocenters. The van der Waals surface area contributed by atoms with E-state index in [1.54, 1.807) is 30.3 Å². The van der Waals surface area contributed by atoms with Gasteiger partial charge in [0.1, 0.15) is 0 Å². The van der Waals surface area contributed by atoms with Crippen LogP contribution in [0.25, 0.3) is 10.8 Å². The van der Waals surface area contributed by atoms with Gasteiger partial charge in [0.2, 0.25) is 0 Å². The maximum atomic E-state index is 12.3. The summed E-state index contributed by atoms with van der Waals surface area (Å²) < 4.78 is 0. The topological polar surface area (TPSA) is 84.2 Å². The zero-order chi connectivity index (χ0) is 16.2. The monoisotopic (exact) mass is 305 g/mol. The van der Waals surface area contributed by atoms with Crippen molar-refractivity contribution < 1.29 is 9.59 Å². The zero-order valence-electron chi connectivity index (χ0n) is 12.2. The van der Waals surface area contributed by atoms with Crippen LogP contribution in [0.4, 0.5) is 16.2 Å². The van der Waals surface area contributed by atoms with Crippen LogP contribution in [0.5, 0.6) is 0 Å². The second-order valence-electron chi connectivity index (χ2n) is 5.08. The lowest BCUT2D eigenvalue weighted by atomic mass is 10.1. The number of carbonyl (C=O) groups is 2. The first kappa shape index (κ1) is 14.6. The second kappa shape index (κ2) is 6.19. The number of carbonyl (C=O) groups excluding carboxylic acids is 2. The number of amides is 3. The number of urea groups is 1. The molecule has 0 atom stereocenters. The van der Waals surface area contributed by atoms with Gasteiger partial charge in [0, 0.05) is 16.9 Å². The number of hydrogen-bond donors (Lipinski definition) is 3. The van der Waals surface area contributed by atoms with Crippen LogP contribution in [0.1, 0.15) is 10.4 Å². The molecule has 0 aliphatic heterocycles. The standard InChI is InChI=1S/C18H15N3O2/c19-18(23)21-16-9-7-15(8-10-16)20-17(22)14-6-5-12-3-1-2-4-13(12)11-14/h1-11H,(H,20,22)(H3,19,21,23). The normalized spacial score (nSPS) is 10.3. The fourth-order valence-corrected chi connectivity index (χ4v) is 2.31. The van der Waals surface area contributed by atoms with E-state index in [0.717, 1.165) is 10.8 Å². The van der Waals surface area contributed by atoms with Gasteiger partial charge in [-0.15, -0.1) is 0 Å². The molecule has 23 heavy (non-hydrogen) atoms. The van der Waals surface area contributed by atoms with Crippen LogP contribution in [0.3, 0.4) is 0 Å². The molecule has 0 spiro atoms. The number of rotatable bonds is 3. The summed E-state index contributed by atoms with van der Waals surface area (Å²) in [6, 6.07) is 19.5. The van der Waals surface area contributed by atoms with E-state index in [1.165, 1.54) is 0 Å². The molecule has 0 bridgehead atoms. The van der Waals surface area contributed by atoms with Gasteiger partial charge >= 0.3 is 6.03 Å². The molecule has 5 heteroatoms. The molecule has 0 aliphatic rings. The van der Waals surface area contributed by atoms with Crippen molar-refractivity contribution in [2.75, 3.05) is 10.6 Å². The minimum absolute atomic E-state index is 0.189. The van der Waals surface area contributed by atoms with Crippen molar-refractivity contribution in [2.24, 2.45) is 5.73 Å². The molecule has 114 valence electrons. The van der Waals surface area contributed by atoms with Gasteiger partial charge in [-0.3, -0.25) is 4.79 Å². The van der Waals surface area contributed by atoms with Crippen molar-refractivity contribution in [1.82, 2.24) is 0 Å². The average Bonchev–Trinajstić information content (AvgIpc) is 2.55. The van der Waals surface area contributed by atoms with Crippen LogP contribution in [0.15, 0.2) is 66.7 Å². The Morgan fingerprint density at radius 2 is 1.35 bits per heavy atom. The molecule has 3 aromatic carbocycles. The van der Waals surface area contributed by atoms with Crippen LogP contribution in [0.2, 0.25) is 0 Å². The summed E-state index contributed by atoms with van der Waals surface area (Å²) in [5.74, 6) is -0.189. The van der Waals surface area contributed by atoms with Gasteiger partial charge in [-0.25, -0.2) is 4.79 Å². The molecule has 0 aliphatic carbocycles. The Morgan fingerprint density at radius 1 is 0.739 bits per heavy atom. The maximum absolute atomic E-state index is 12.3. The Kier molecular flexibility index (Phi) is 3.93. The Morgan fingerprint density at radius 3 is 2.00 bits per heavy atom. The smallest absolute Gasteiger partial charge is 0.316 e. The highest BCUT2D eigenvalue weighted by atomic mass is 16.2. The van der Waals surface area contributed by atoms with Crippen LogP contribution < -0.4 is 16.4 Å². The van der Waals surface area contributed by atoms with Gasteiger partial charge in [-0.05, 0) is 47.2 Å². The summed E-state index contributed by atoms with van der Waals surface area (Å²) in [6.07, 6.45) is 0. The molecule has 0 saturated carbocycles. The molecule has 0 saturated heterocycles. The van der Waals surface area contributed by atoms with Gasteiger partial charge in [0.05, 0.1) is 0 Å². The lowest BCUT2D eigenvalue weighted by Gasteiger charge is -2.08. The average molecular weight is 305 g/mol. The highest BCUT2D eigenvalue weighted by Gasteiger charge is 2.07. The van der Waals surface area contributed by atoms with Crippen molar-refractivity contribution in [3.63, 3.8) is 0 Å². The highest BCUT2D eigenvalue weighted by Crippen LogP contribution is 2.18. The van der Waals surface area contributed by atoms with E-state index in [1.807, 2.05) is 36.4 Å². The predicted octanol–water partition coefficient (Wildman–Crippen LogP) is 3.58. The Balaban J connectivity index is 1.76. The first-order valence-corrected chi connectivity index (χ1v) is 7.08. The maximum Gasteiger partial charge on any atom is 0.316 e. The van der Waals surface area contributed by atoms with Crippen LogP contribution >= 0.6 is 0 Å². The second-order valence-corrected chi connectivity index (χ2v) is 5.08. The third kappa shape index (κ3) is 3.47. The van der Waals surface area contributed by atoms with Gasteiger partial charge in [0.25, 0.3) is 5.91 Å². The summed E-state index contributed by atoms with van der Waals surface area (Å²) in [4.78, 5) is 23.1. The molecular formula is C18H15N3O2. The third-order valence-electron chi connectivity index (χ3n) is 3.42. The molecule has 0 fully saturated rings. The summed E-state index contributed by atoms with van der Waals surface area (Å²) in [5, 5.41) is 7.39. The van der Waals surface area contributed by atoms with E-state index in [0.29, 0.717) is 16.9 Å². The molecule has 0 heterocycles. The molecule has 5 nitrogen and oxygen atoms in total. The quantitative estimate of drug-likeness (QED) is 0.691. The van der Waals surface area contributed by atoms with Gasteiger partial charge < -0.3 is 16.4 Å². The number of fused-ring (bicyclic) bond motifs is 1. The number of primary amides is 1. The van der Waals surface area contributed by atoms with Gasteiger partial charge in [0.15, 0.2) is 0 Å². The fourth-order valence-electron chi connectivity index (χ4n) is 2.31. The molecule has 0 aromatic heterocycles. The van der Waals surface area contributed by atoms with E-state index in [2.05, 4.69) is 10.6 Å². The van der Waals surface area contributed by atoms with Crippen LogP contribution in [0, 0.1) is 0 Å². The third-order valence-corrected chi connectivity index (χ3v) is 3.42. The Labute approximate surface area is 133 Å². The van der Waals surface area contributed by atoms with Crippen molar-refractivity contribution in [1.29, 1.82) is 0 Å². The first-order chi connectivity index (χ1) is 11.1. The van der Waals surface area contributed by atoms with E-state index < -0.39 is 6.03 Å². The Hall–Kier alpha value is -3.34.